The second-order valence-corrected chi connectivity index (χ2v) is 7.24. The van der Waals surface area contributed by atoms with Gasteiger partial charge in [-0.1, -0.05) is 49.6 Å². The third-order valence-electron chi connectivity index (χ3n) is 2.97. The average molecular weight is 262 g/mol. The molecule has 1 fully saturated rings. The highest BCUT2D eigenvalue weighted by Crippen LogP contribution is 2.49. The Morgan fingerprint density at radius 1 is 1.24 bits per heavy atom. The van der Waals surface area contributed by atoms with Crippen molar-refractivity contribution in [3.8, 4) is 0 Å². The van der Waals surface area contributed by atoms with Gasteiger partial charge in [-0.2, -0.15) is 0 Å². The Labute approximate surface area is 113 Å². The molecule has 1 saturated heterocycles. The first-order valence-electron chi connectivity index (χ1n) is 5.90. The van der Waals surface area contributed by atoms with Crippen molar-refractivity contribution in [2.24, 2.45) is 0 Å². The molecule has 1 aromatic rings. The van der Waals surface area contributed by atoms with Gasteiger partial charge in [0.1, 0.15) is 0 Å². The van der Waals surface area contributed by atoms with E-state index in [1.807, 2.05) is 29.6 Å². The molecule has 1 heterocycles. The van der Waals surface area contributed by atoms with Crippen molar-refractivity contribution >= 4 is 23.5 Å². The first-order chi connectivity index (χ1) is 8.27. The first-order valence-corrected chi connectivity index (χ1v) is 7.88. The van der Waals surface area contributed by atoms with Crippen LogP contribution < -0.4 is 0 Å². The molecule has 2 heteroatoms. The van der Waals surface area contributed by atoms with Crippen LogP contribution in [0.15, 0.2) is 55.1 Å². The van der Waals surface area contributed by atoms with E-state index in [0.717, 1.165) is 12.0 Å². The number of allylic oxidation sites excluding steroid dienone is 1. The summed E-state index contributed by atoms with van der Waals surface area (Å²) in [6.07, 6.45) is 4.28. The summed E-state index contributed by atoms with van der Waals surface area (Å²) < 4.78 is 0.112. The molecule has 0 bridgehead atoms. The molecule has 0 unspecified atom stereocenters. The Kier molecular flexibility index (Phi) is 4.41. The minimum atomic E-state index is 0.112. The normalized spacial score (nSPS) is 18.6. The van der Waals surface area contributed by atoms with E-state index in [1.54, 1.807) is 0 Å². The van der Waals surface area contributed by atoms with Crippen molar-refractivity contribution in [3.63, 3.8) is 0 Å². The van der Waals surface area contributed by atoms with E-state index in [4.69, 9.17) is 0 Å². The van der Waals surface area contributed by atoms with Crippen molar-refractivity contribution in [1.29, 1.82) is 0 Å². The van der Waals surface area contributed by atoms with E-state index >= 15 is 0 Å². The van der Waals surface area contributed by atoms with Gasteiger partial charge in [0, 0.05) is 6.42 Å². The Balaban J connectivity index is 2.21. The van der Waals surface area contributed by atoms with Crippen LogP contribution in [0, 0.1) is 0 Å². The van der Waals surface area contributed by atoms with E-state index in [-0.39, 0.29) is 4.08 Å². The Bertz CT molecular complexity index is 389. The molecule has 0 nitrogen and oxygen atoms in total. The summed E-state index contributed by atoms with van der Waals surface area (Å²) >= 11 is 4.06. The molecule has 0 amide bonds. The van der Waals surface area contributed by atoms with Gasteiger partial charge in [-0.3, -0.25) is 0 Å². The van der Waals surface area contributed by atoms with Gasteiger partial charge < -0.3 is 0 Å². The minimum Gasteiger partial charge on any atom is -0.139 e. The van der Waals surface area contributed by atoms with Crippen LogP contribution in [0.25, 0.3) is 0 Å². The lowest BCUT2D eigenvalue weighted by atomic mass is 10.0. The zero-order valence-electron chi connectivity index (χ0n) is 10.0. The van der Waals surface area contributed by atoms with E-state index in [1.165, 1.54) is 23.5 Å². The molecule has 0 aromatic heterocycles. The molecule has 1 aromatic carbocycles. The lowest BCUT2D eigenvalue weighted by molar-refractivity contribution is 0.905. The molecule has 0 saturated carbocycles. The van der Waals surface area contributed by atoms with Gasteiger partial charge in [-0.15, -0.1) is 23.5 Å². The summed E-state index contributed by atoms with van der Waals surface area (Å²) in [6.45, 7) is 8.10. The number of thioether (sulfide) groups is 2. The van der Waals surface area contributed by atoms with Crippen LogP contribution in [-0.2, 0) is 6.42 Å². The summed E-state index contributed by atoms with van der Waals surface area (Å²) in [5, 5.41) is 0. The fourth-order valence-corrected chi connectivity index (χ4v) is 5.32. The number of hydrogen-bond donors (Lipinski definition) is 0. The second kappa shape index (κ2) is 5.83. The fraction of sp³-hybridized carbons (Fsp3) is 0.333. The smallest absolute Gasteiger partial charge is 0.0894 e. The molecule has 0 radical (unpaired) electrons. The van der Waals surface area contributed by atoms with Crippen molar-refractivity contribution in [1.82, 2.24) is 0 Å². The number of benzene rings is 1. The highest BCUT2D eigenvalue weighted by molar-refractivity contribution is 8.19. The first kappa shape index (κ1) is 12.8. The number of hydrogen-bond acceptors (Lipinski definition) is 2. The van der Waals surface area contributed by atoms with E-state index in [9.17, 15) is 0 Å². The molecular weight excluding hydrogens is 244 g/mol. The third-order valence-corrected chi connectivity index (χ3v) is 6.41. The van der Waals surface area contributed by atoms with Gasteiger partial charge in [0.15, 0.2) is 0 Å². The quantitative estimate of drug-likeness (QED) is 0.731. The fourth-order valence-electron chi connectivity index (χ4n) is 2.00. The standard InChI is InChI=1S/C15H18S2/c1-3-13(2)15(16-10-7-11-17-15)12-14-8-5-4-6-9-14/h3-6,8-9H,1-2,7,10-12H2. The largest absolute Gasteiger partial charge is 0.139 e. The van der Waals surface area contributed by atoms with Gasteiger partial charge in [0.2, 0.25) is 0 Å². The summed E-state index contributed by atoms with van der Waals surface area (Å²) in [7, 11) is 0. The van der Waals surface area contributed by atoms with Crippen molar-refractivity contribution in [2.75, 3.05) is 11.5 Å². The summed E-state index contributed by atoms with van der Waals surface area (Å²) in [5.41, 5.74) is 2.55. The average Bonchev–Trinajstić information content (AvgIpc) is 2.40. The maximum atomic E-state index is 4.21. The molecule has 0 spiro atoms. The number of rotatable bonds is 4. The Hall–Kier alpha value is -0.600. The van der Waals surface area contributed by atoms with Crippen LogP contribution in [0.3, 0.4) is 0 Å². The van der Waals surface area contributed by atoms with Crippen LogP contribution in [-0.4, -0.2) is 15.6 Å². The monoisotopic (exact) mass is 262 g/mol. The molecular formula is C15H18S2. The van der Waals surface area contributed by atoms with Gasteiger partial charge in [-0.25, -0.2) is 0 Å². The molecule has 90 valence electrons. The van der Waals surface area contributed by atoms with E-state index in [0.29, 0.717) is 0 Å². The molecule has 1 aliphatic rings. The van der Waals surface area contributed by atoms with Crippen LogP contribution in [0.4, 0.5) is 0 Å². The molecule has 17 heavy (non-hydrogen) atoms. The maximum Gasteiger partial charge on any atom is 0.0894 e. The Morgan fingerprint density at radius 2 is 1.88 bits per heavy atom. The zero-order valence-corrected chi connectivity index (χ0v) is 11.7. The molecule has 1 aliphatic heterocycles. The SMILES string of the molecule is C=CC(=C)C1(Cc2ccccc2)SCCCS1. The van der Waals surface area contributed by atoms with Gasteiger partial charge in [0.25, 0.3) is 0 Å². The van der Waals surface area contributed by atoms with Crippen LogP contribution in [0.5, 0.6) is 0 Å². The van der Waals surface area contributed by atoms with Crippen LogP contribution in [0.2, 0.25) is 0 Å². The predicted octanol–water partition coefficient (Wildman–Crippen LogP) is 4.54. The zero-order chi connectivity index (χ0) is 12.1. The van der Waals surface area contributed by atoms with E-state index in [2.05, 4.69) is 43.5 Å². The van der Waals surface area contributed by atoms with Gasteiger partial charge in [0.05, 0.1) is 4.08 Å². The predicted molar refractivity (Wildman–Crippen MR) is 81.7 cm³/mol. The van der Waals surface area contributed by atoms with Crippen molar-refractivity contribution in [2.45, 2.75) is 16.9 Å². The topological polar surface area (TPSA) is 0 Å². The van der Waals surface area contributed by atoms with Gasteiger partial charge >= 0.3 is 0 Å². The summed E-state index contributed by atoms with van der Waals surface area (Å²) in [4.78, 5) is 0. The van der Waals surface area contributed by atoms with Crippen LogP contribution in [0.1, 0.15) is 12.0 Å². The molecule has 2 rings (SSSR count). The second-order valence-electron chi connectivity index (χ2n) is 4.20. The third kappa shape index (κ3) is 2.99. The highest BCUT2D eigenvalue weighted by atomic mass is 32.2. The lowest BCUT2D eigenvalue weighted by Crippen LogP contribution is -2.29. The molecule has 0 N–H and O–H groups in total. The lowest BCUT2D eigenvalue weighted by Gasteiger charge is -2.37. The minimum absolute atomic E-state index is 0.112. The van der Waals surface area contributed by atoms with Crippen LogP contribution >= 0.6 is 23.5 Å². The summed E-state index contributed by atoms with van der Waals surface area (Å²) in [5.74, 6) is 2.46. The summed E-state index contributed by atoms with van der Waals surface area (Å²) in [6, 6.07) is 10.7. The Morgan fingerprint density at radius 3 is 2.47 bits per heavy atom. The molecule has 0 atom stereocenters. The maximum absolute atomic E-state index is 4.21. The van der Waals surface area contributed by atoms with E-state index < -0.39 is 0 Å². The van der Waals surface area contributed by atoms with Crippen molar-refractivity contribution < 1.29 is 0 Å². The highest BCUT2D eigenvalue weighted by Gasteiger charge is 2.35. The molecule has 0 aliphatic carbocycles. The van der Waals surface area contributed by atoms with Crippen molar-refractivity contribution in [3.05, 3.63) is 60.7 Å². The van der Waals surface area contributed by atoms with Gasteiger partial charge in [-0.05, 0) is 29.1 Å².